The lowest BCUT2D eigenvalue weighted by Crippen LogP contribution is -2.25. The smallest absolute Gasteiger partial charge is 0.282 e. The highest BCUT2D eigenvalue weighted by atomic mass is 32.2. The molecule has 0 fully saturated rings. The minimum atomic E-state index is -0.545. The molecule has 0 aliphatic rings. The zero-order valence-corrected chi connectivity index (χ0v) is 11.8. The zero-order chi connectivity index (χ0) is 14.3. The average molecular weight is 283 g/mol. The van der Waals surface area contributed by atoms with Crippen molar-refractivity contribution >= 4 is 29.0 Å². The van der Waals surface area contributed by atoms with Crippen LogP contribution in [-0.2, 0) is 0 Å². The molecular weight excluding hydrogens is 266 g/mol. The van der Waals surface area contributed by atoms with Crippen molar-refractivity contribution in [2.45, 2.75) is 6.42 Å². The average Bonchev–Trinajstić information content (AvgIpc) is 2.42. The first-order valence-electron chi connectivity index (χ1n) is 5.83. The maximum absolute atomic E-state index is 12.0. The first-order valence-corrected chi connectivity index (χ1v) is 7.23. The molecule has 0 saturated heterocycles. The molecule has 0 unspecified atom stereocenters. The van der Waals surface area contributed by atoms with Crippen LogP contribution < -0.4 is 10.6 Å². The first-order chi connectivity index (χ1) is 9.10. The number of carbonyl (C=O) groups is 1. The van der Waals surface area contributed by atoms with Gasteiger partial charge in [0, 0.05) is 25.3 Å². The van der Waals surface area contributed by atoms with Crippen molar-refractivity contribution in [1.29, 1.82) is 0 Å². The topological polar surface area (TPSA) is 84.3 Å². The molecule has 19 heavy (non-hydrogen) atoms. The Labute approximate surface area is 116 Å². The second-order valence-corrected chi connectivity index (χ2v) is 4.83. The SMILES string of the molecule is CNc1ccc([N+](=O)[O-])c(C(=O)NCCCSC)c1. The molecule has 0 atom stereocenters. The molecule has 7 heteroatoms. The van der Waals surface area contributed by atoms with E-state index in [4.69, 9.17) is 0 Å². The van der Waals surface area contributed by atoms with Crippen molar-refractivity contribution in [2.75, 3.05) is 30.9 Å². The van der Waals surface area contributed by atoms with Crippen molar-refractivity contribution in [3.63, 3.8) is 0 Å². The third kappa shape index (κ3) is 4.44. The number of thioether (sulfide) groups is 1. The molecule has 0 saturated carbocycles. The fraction of sp³-hybridized carbons (Fsp3) is 0.417. The number of benzene rings is 1. The van der Waals surface area contributed by atoms with E-state index in [9.17, 15) is 14.9 Å². The normalized spacial score (nSPS) is 10.0. The lowest BCUT2D eigenvalue weighted by atomic mass is 10.1. The molecular formula is C12H17N3O3S. The van der Waals surface area contributed by atoms with Crippen LogP contribution in [0.25, 0.3) is 0 Å². The van der Waals surface area contributed by atoms with E-state index in [0.717, 1.165) is 12.2 Å². The molecule has 104 valence electrons. The number of nitro groups is 1. The summed E-state index contributed by atoms with van der Waals surface area (Å²) >= 11 is 1.69. The highest BCUT2D eigenvalue weighted by Gasteiger charge is 2.20. The van der Waals surface area contributed by atoms with E-state index in [-0.39, 0.29) is 11.3 Å². The Hall–Kier alpha value is -1.76. The van der Waals surface area contributed by atoms with Crippen LogP contribution in [0.4, 0.5) is 11.4 Å². The number of rotatable bonds is 7. The largest absolute Gasteiger partial charge is 0.388 e. The van der Waals surface area contributed by atoms with E-state index in [1.54, 1.807) is 24.9 Å². The van der Waals surface area contributed by atoms with E-state index in [1.807, 2.05) is 6.26 Å². The van der Waals surface area contributed by atoms with Crippen molar-refractivity contribution in [3.05, 3.63) is 33.9 Å². The summed E-state index contributed by atoms with van der Waals surface area (Å²) in [6, 6.07) is 4.40. The van der Waals surface area contributed by atoms with Crippen LogP contribution in [0.1, 0.15) is 16.8 Å². The van der Waals surface area contributed by atoms with E-state index in [1.165, 1.54) is 12.1 Å². The minimum absolute atomic E-state index is 0.0843. The standard InChI is InChI=1S/C12H17N3O3S/c1-13-9-4-5-11(15(17)18)10(8-9)12(16)14-6-3-7-19-2/h4-5,8,13H,3,6-7H2,1-2H3,(H,14,16). The second-order valence-electron chi connectivity index (χ2n) is 3.84. The van der Waals surface area contributed by atoms with Gasteiger partial charge in [0.15, 0.2) is 0 Å². The van der Waals surface area contributed by atoms with E-state index in [2.05, 4.69) is 10.6 Å². The summed E-state index contributed by atoms with van der Waals surface area (Å²) in [5.74, 6) is 0.531. The van der Waals surface area contributed by atoms with E-state index < -0.39 is 10.8 Å². The summed E-state index contributed by atoms with van der Waals surface area (Å²) in [5, 5.41) is 16.5. The molecule has 0 aliphatic heterocycles. The van der Waals surface area contributed by atoms with Crippen LogP contribution in [0.3, 0.4) is 0 Å². The van der Waals surface area contributed by atoms with Crippen LogP contribution >= 0.6 is 11.8 Å². The number of carbonyl (C=O) groups excluding carboxylic acids is 1. The molecule has 6 nitrogen and oxygen atoms in total. The Morgan fingerprint density at radius 1 is 1.47 bits per heavy atom. The van der Waals surface area contributed by atoms with Gasteiger partial charge in [-0.25, -0.2) is 0 Å². The quantitative estimate of drug-likeness (QED) is 0.455. The molecule has 0 aromatic heterocycles. The van der Waals surface area contributed by atoms with Gasteiger partial charge in [0.1, 0.15) is 5.56 Å². The highest BCUT2D eigenvalue weighted by Crippen LogP contribution is 2.22. The second kappa shape index (κ2) is 7.63. The maximum atomic E-state index is 12.0. The fourth-order valence-electron chi connectivity index (χ4n) is 1.55. The molecule has 0 aliphatic carbocycles. The maximum Gasteiger partial charge on any atom is 0.282 e. The van der Waals surface area contributed by atoms with Gasteiger partial charge >= 0.3 is 0 Å². The summed E-state index contributed by atoms with van der Waals surface area (Å²) in [7, 11) is 1.70. The molecule has 0 bridgehead atoms. The van der Waals surface area contributed by atoms with Crippen LogP contribution in [0.5, 0.6) is 0 Å². The van der Waals surface area contributed by atoms with Crippen LogP contribution in [-0.4, -0.2) is 36.4 Å². The Balaban J connectivity index is 2.83. The lowest BCUT2D eigenvalue weighted by Gasteiger charge is -2.07. The number of nitro benzene ring substituents is 1. The molecule has 1 aromatic rings. The predicted octanol–water partition coefficient (Wildman–Crippen LogP) is 2.12. The van der Waals surface area contributed by atoms with Gasteiger partial charge in [0.25, 0.3) is 11.6 Å². The van der Waals surface area contributed by atoms with Crippen molar-refractivity contribution in [2.24, 2.45) is 0 Å². The third-order valence-corrected chi connectivity index (χ3v) is 3.23. The van der Waals surface area contributed by atoms with Gasteiger partial charge in [-0.1, -0.05) is 0 Å². The molecule has 1 rings (SSSR count). The number of hydrogen-bond acceptors (Lipinski definition) is 5. The number of nitrogens with zero attached hydrogens (tertiary/aromatic N) is 1. The summed E-state index contributed by atoms with van der Waals surface area (Å²) in [5.41, 5.74) is 0.572. The van der Waals surface area contributed by atoms with Crippen molar-refractivity contribution in [3.8, 4) is 0 Å². The number of anilines is 1. The van der Waals surface area contributed by atoms with Crippen molar-refractivity contribution in [1.82, 2.24) is 5.32 Å². The Morgan fingerprint density at radius 2 is 2.21 bits per heavy atom. The van der Waals surface area contributed by atoms with Gasteiger partial charge in [-0.2, -0.15) is 11.8 Å². The molecule has 2 N–H and O–H groups in total. The molecule has 1 amide bonds. The Kier molecular flexibility index (Phi) is 6.14. The predicted molar refractivity (Wildman–Crippen MR) is 78.0 cm³/mol. The van der Waals surface area contributed by atoms with Gasteiger partial charge < -0.3 is 10.6 Å². The Morgan fingerprint density at radius 3 is 2.79 bits per heavy atom. The third-order valence-electron chi connectivity index (χ3n) is 2.54. The summed E-state index contributed by atoms with van der Waals surface area (Å²) in [4.78, 5) is 22.3. The lowest BCUT2D eigenvalue weighted by molar-refractivity contribution is -0.385. The molecule has 0 radical (unpaired) electrons. The van der Waals surface area contributed by atoms with Gasteiger partial charge in [0.2, 0.25) is 0 Å². The number of amides is 1. The number of hydrogen-bond donors (Lipinski definition) is 2. The van der Waals surface area contributed by atoms with E-state index >= 15 is 0 Å². The van der Waals surface area contributed by atoms with Crippen molar-refractivity contribution < 1.29 is 9.72 Å². The highest BCUT2D eigenvalue weighted by molar-refractivity contribution is 7.98. The summed E-state index contributed by atoms with van der Waals surface area (Å²) in [6.07, 6.45) is 2.83. The Bertz CT molecular complexity index is 466. The zero-order valence-electron chi connectivity index (χ0n) is 10.9. The first kappa shape index (κ1) is 15.3. The molecule has 0 heterocycles. The molecule has 0 spiro atoms. The van der Waals surface area contributed by atoms with Gasteiger partial charge in [-0.3, -0.25) is 14.9 Å². The van der Waals surface area contributed by atoms with Crippen LogP contribution in [0, 0.1) is 10.1 Å². The molecule has 1 aromatic carbocycles. The van der Waals surface area contributed by atoms with Crippen LogP contribution in [0.2, 0.25) is 0 Å². The monoisotopic (exact) mass is 283 g/mol. The van der Waals surface area contributed by atoms with Gasteiger partial charge in [0.05, 0.1) is 4.92 Å². The number of nitrogens with one attached hydrogen (secondary N) is 2. The summed E-state index contributed by atoms with van der Waals surface area (Å²) < 4.78 is 0. The van der Waals surface area contributed by atoms with E-state index in [0.29, 0.717) is 12.2 Å². The summed E-state index contributed by atoms with van der Waals surface area (Å²) in [6.45, 7) is 0.514. The van der Waals surface area contributed by atoms with Gasteiger partial charge in [-0.05, 0) is 30.6 Å². The van der Waals surface area contributed by atoms with Gasteiger partial charge in [-0.15, -0.1) is 0 Å². The van der Waals surface area contributed by atoms with Crippen LogP contribution in [0.15, 0.2) is 18.2 Å². The minimum Gasteiger partial charge on any atom is -0.388 e. The fourth-order valence-corrected chi connectivity index (χ4v) is 1.98.